The van der Waals surface area contributed by atoms with Gasteiger partial charge in [0, 0.05) is 42.2 Å². The molecule has 0 saturated heterocycles. The standard InChI is InChI=1S/C17H11F4N5/c1-26-8-11(15(25-26)13-3-2-9(18)6-23-13)14-10-4-5-22-16(10)24-7-12(14)17(19,20)21/h2-8H,1H3,(H,22,24). The van der Waals surface area contributed by atoms with Crippen molar-refractivity contribution in [3.63, 3.8) is 0 Å². The molecule has 0 spiro atoms. The Labute approximate surface area is 144 Å². The van der Waals surface area contributed by atoms with E-state index in [2.05, 4.69) is 20.1 Å². The Morgan fingerprint density at radius 1 is 1.08 bits per heavy atom. The van der Waals surface area contributed by atoms with Crippen LogP contribution in [0, 0.1) is 5.82 Å². The van der Waals surface area contributed by atoms with E-state index in [0.29, 0.717) is 11.0 Å². The summed E-state index contributed by atoms with van der Waals surface area (Å²) in [5.74, 6) is -0.542. The molecule has 0 radical (unpaired) electrons. The number of rotatable bonds is 2. The van der Waals surface area contributed by atoms with Gasteiger partial charge in [0.05, 0.1) is 17.5 Å². The normalized spacial score (nSPS) is 12.0. The van der Waals surface area contributed by atoms with Crippen molar-refractivity contribution in [1.29, 1.82) is 0 Å². The van der Waals surface area contributed by atoms with Crippen LogP contribution in [0.2, 0.25) is 0 Å². The first-order valence-corrected chi connectivity index (χ1v) is 7.54. The van der Waals surface area contributed by atoms with Gasteiger partial charge in [0.2, 0.25) is 0 Å². The minimum absolute atomic E-state index is 0.0435. The molecule has 0 amide bonds. The van der Waals surface area contributed by atoms with Crippen LogP contribution in [0.1, 0.15) is 5.56 Å². The summed E-state index contributed by atoms with van der Waals surface area (Å²) in [7, 11) is 1.60. The van der Waals surface area contributed by atoms with Gasteiger partial charge in [0.1, 0.15) is 17.2 Å². The molecule has 0 bridgehead atoms. The summed E-state index contributed by atoms with van der Waals surface area (Å²) in [6.45, 7) is 0. The van der Waals surface area contributed by atoms with E-state index in [9.17, 15) is 17.6 Å². The maximum Gasteiger partial charge on any atom is 0.418 e. The predicted molar refractivity (Wildman–Crippen MR) is 86.5 cm³/mol. The lowest BCUT2D eigenvalue weighted by Gasteiger charge is -2.13. The van der Waals surface area contributed by atoms with Crippen LogP contribution < -0.4 is 0 Å². The number of nitrogens with zero attached hydrogens (tertiary/aromatic N) is 4. The van der Waals surface area contributed by atoms with Crippen LogP contribution in [0.15, 0.2) is 43.0 Å². The number of hydrogen-bond donors (Lipinski definition) is 1. The monoisotopic (exact) mass is 361 g/mol. The quantitative estimate of drug-likeness (QED) is 0.545. The third-order valence-corrected chi connectivity index (χ3v) is 3.96. The zero-order chi connectivity index (χ0) is 18.5. The molecule has 132 valence electrons. The lowest BCUT2D eigenvalue weighted by atomic mass is 9.97. The summed E-state index contributed by atoms with van der Waals surface area (Å²) in [5, 5.41) is 4.55. The van der Waals surface area contributed by atoms with Crippen molar-refractivity contribution in [2.75, 3.05) is 0 Å². The molecule has 0 aliphatic carbocycles. The van der Waals surface area contributed by atoms with Crippen molar-refractivity contribution in [3.05, 3.63) is 54.4 Å². The molecule has 0 fully saturated rings. The van der Waals surface area contributed by atoms with Crippen LogP contribution in [-0.2, 0) is 13.2 Å². The first kappa shape index (κ1) is 16.2. The van der Waals surface area contributed by atoms with E-state index in [1.54, 1.807) is 7.05 Å². The first-order valence-electron chi connectivity index (χ1n) is 7.54. The van der Waals surface area contributed by atoms with Crippen molar-refractivity contribution >= 4 is 11.0 Å². The summed E-state index contributed by atoms with van der Waals surface area (Å²) in [6, 6.07) is 4.09. The maximum absolute atomic E-state index is 13.6. The van der Waals surface area contributed by atoms with E-state index >= 15 is 0 Å². The highest BCUT2D eigenvalue weighted by molar-refractivity contribution is 5.98. The van der Waals surface area contributed by atoms with Crippen LogP contribution in [0.3, 0.4) is 0 Å². The number of aromatic nitrogens is 5. The van der Waals surface area contributed by atoms with E-state index in [1.807, 2.05) is 0 Å². The van der Waals surface area contributed by atoms with Gasteiger partial charge in [0.25, 0.3) is 0 Å². The van der Waals surface area contributed by atoms with E-state index in [4.69, 9.17) is 0 Å². The fourth-order valence-corrected chi connectivity index (χ4v) is 2.89. The molecular weight excluding hydrogens is 350 g/mol. The largest absolute Gasteiger partial charge is 0.418 e. The zero-order valence-corrected chi connectivity index (χ0v) is 13.3. The van der Waals surface area contributed by atoms with Gasteiger partial charge in [-0.05, 0) is 18.2 Å². The molecule has 26 heavy (non-hydrogen) atoms. The van der Waals surface area contributed by atoms with Crippen molar-refractivity contribution in [3.8, 4) is 22.5 Å². The third-order valence-electron chi connectivity index (χ3n) is 3.96. The number of nitrogens with one attached hydrogen (secondary N) is 1. The second-order valence-corrected chi connectivity index (χ2v) is 5.71. The Morgan fingerprint density at radius 3 is 2.58 bits per heavy atom. The van der Waals surface area contributed by atoms with Gasteiger partial charge < -0.3 is 4.98 Å². The van der Waals surface area contributed by atoms with E-state index in [1.165, 1.54) is 35.3 Å². The summed E-state index contributed by atoms with van der Waals surface area (Å²) in [6.07, 6.45) is 0.196. The number of H-pyrrole nitrogens is 1. The number of pyridine rings is 2. The summed E-state index contributed by atoms with van der Waals surface area (Å²) in [4.78, 5) is 10.6. The zero-order valence-electron chi connectivity index (χ0n) is 13.3. The first-order chi connectivity index (χ1) is 12.3. The lowest BCUT2D eigenvalue weighted by Crippen LogP contribution is -2.08. The van der Waals surface area contributed by atoms with Crippen LogP contribution in [-0.4, -0.2) is 24.7 Å². The molecule has 0 atom stereocenters. The van der Waals surface area contributed by atoms with Crippen molar-refractivity contribution in [2.24, 2.45) is 7.05 Å². The van der Waals surface area contributed by atoms with Crippen molar-refractivity contribution in [1.82, 2.24) is 24.7 Å². The molecular formula is C17H11F4N5. The molecule has 5 nitrogen and oxygen atoms in total. The average molecular weight is 361 g/mol. The molecule has 4 aromatic heterocycles. The Morgan fingerprint density at radius 2 is 1.88 bits per heavy atom. The Balaban J connectivity index is 2.05. The van der Waals surface area contributed by atoms with E-state index in [-0.39, 0.29) is 22.5 Å². The van der Waals surface area contributed by atoms with Crippen LogP contribution in [0.4, 0.5) is 17.6 Å². The predicted octanol–water partition coefficient (Wildman–Crippen LogP) is 4.18. The molecule has 0 saturated carbocycles. The van der Waals surface area contributed by atoms with Gasteiger partial charge >= 0.3 is 6.18 Å². The van der Waals surface area contributed by atoms with Gasteiger partial charge in [0.15, 0.2) is 0 Å². The smallest absolute Gasteiger partial charge is 0.346 e. The van der Waals surface area contributed by atoms with Gasteiger partial charge in [-0.25, -0.2) is 9.37 Å². The highest BCUT2D eigenvalue weighted by atomic mass is 19.4. The minimum Gasteiger partial charge on any atom is -0.346 e. The van der Waals surface area contributed by atoms with Gasteiger partial charge in [-0.3, -0.25) is 9.67 Å². The fraction of sp³-hybridized carbons (Fsp3) is 0.118. The number of hydrogen-bond acceptors (Lipinski definition) is 3. The molecule has 9 heteroatoms. The van der Waals surface area contributed by atoms with Crippen LogP contribution >= 0.6 is 0 Å². The van der Waals surface area contributed by atoms with E-state index in [0.717, 1.165) is 12.4 Å². The lowest BCUT2D eigenvalue weighted by molar-refractivity contribution is -0.137. The SMILES string of the molecule is Cn1cc(-c2c(C(F)(F)F)cnc3[nH]ccc23)c(-c2ccc(F)cn2)n1. The highest BCUT2D eigenvalue weighted by Crippen LogP contribution is 2.42. The number of aromatic amines is 1. The van der Waals surface area contributed by atoms with Crippen molar-refractivity contribution in [2.45, 2.75) is 6.18 Å². The Bertz CT molecular complexity index is 1090. The molecule has 0 aliphatic rings. The molecule has 4 aromatic rings. The van der Waals surface area contributed by atoms with Crippen LogP contribution in [0.25, 0.3) is 33.5 Å². The van der Waals surface area contributed by atoms with Crippen LogP contribution in [0.5, 0.6) is 0 Å². The van der Waals surface area contributed by atoms with Gasteiger partial charge in [-0.1, -0.05) is 0 Å². The fourth-order valence-electron chi connectivity index (χ4n) is 2.89. The highest BCUT2D eigenvalue weighted by Gasteiger charge is 2.36. The molecule has 4 heterocycles. The van der Waals surface area contributed by atoms with Gasteiger partial charge in [-0.15, -0.1) is 0 Å². The molecule has 0 aromatic carbocycles. The average Bonchev–Trinajstić information content (AvgIpc) is 3.20. The molecule has 1 N–H and O–H groups in total. The van der Waals surface area contributed by atoms with Crippen molar-refractivity contribution < 1.29 is 17.6 Å². The van der Waals surface area contributed by atoms with E-state index < -0.39 is 17.6 Å². The summed E-state index contributed by atoms with van der Waals surface area (Å²) >= 11 is 0. The third kappa shape index (κ3) is 2.61. The molecule has 4 rings (SSSR count). The number of halogens is 4. The number of fused-ring (bicyclic) bond motifs is 1. The second kappa shape index (κ2) is 5.65. The maximum atomic E-state index is 13.6. The number of aryl methyl sites for hydroxylation is 1. The number of alkyl halides is 3. The second-order valence-electron chi connectivity index (χ2n) is 5.71. The summed E-state index contributed by atoms with van der Waals surface area (Å²) < 4.78 is 55.4. The Hall–Kier alpha value is -3.23. The van der Waals surface area contributed by atoms with Gasteiger partial charge in [-0.2, -0.15) is 18.3 Å². The summed E-state index contributed by atoms with van der Waals surface area (Å²) in [5.41, 5.74) is 0.155. The minimum atomic E-state index is -4.60. The molecule has 0 aliphatic heterocycles. The topological polar surface area (TPSA) is 59.4 Å². The Kier molecular flexibility index (Phi) is 3.53. The molecule has 0 unspecified atom stereocenters.